The lowest BCUT2D eigenvalue weighted by Gasteiger charge is -2.40. The molecule has 2 atom stereocenters. The minimum absolute atomic E-state index is 0.0539. The second kappa shape index (κ2) is 6.03. The number of amides is 1. The van der Waals surface area contributed by atoms with Crippen molar-refractivity contribution in [2.75, 3.05) is 19.7 Å². The fraction of sp³-hybridized carbons (Fsp3) is 0.412. The molecule has 3 aliphatic rings. The Morgan fingerprint density at radius 2 is 2.32 bits per heavy atom. The molecule has 25 heavy (non-hydrogen) atoms. The van der Waals surface area contributed by atoms with Crippen molar-refractivity contribution in [1.82, 2.24) is 21.1 Å². The number of hydrogen-bond acceptors (Lipinski definition) is 6. The van der Waals surface area contributed by atoms with Gasteiger partial charge in [0.1, 0.15) is 29.7 Å². The van der Waals surface area contributed by atoms with Crippen LogP contribution in [0.5, 0.6) is 5.75 Å². The number of aliphatic imine (C=N–C) groups is 1. The highest BCUT2D eigenvalue weighted by Crippen LogP contribution is 2.29. The van der Waals surface area contributed by atoms with Gasteiger partial charge in [-0.25, -0.2) is 9.82 Å². The molecule has 132 valence electrons. The molecule has 1 amide bonds. The summed E-state index contributed by atoms with van der Waals surface area (Å²) in [5, 5.41) is 8.14. The minimum Gasteiger partial charge on any atom is -0.491 e. The maximum Gasteiger partial charge on any atom is 0.228 e. The molecule has 1 saturated heterocycles. The third-order valence-corrected chi connectivity index (χ3v) is 4.82. The van der Waals surface area contributed by atoms with Gasteiger partial charge in [0.2, 0.25) is 5.91 Å². The van der Waals surface area contributed by atoms with Crippen molar-refractivity contribution in [3.63, 3.8) is 0 Å². The van der Waals surface area contributed by atoms with Gasteiger partial charge in [-0.15, -0.1) is 0 Å². The highest BCUT2D eigenvalue weighted by atomic mass is 19.1. The Morgan fingerprint density at radius 1 is 1.44 bits per heavy atom. The van der Waals surface area contributed by atoms with Crippen molar-refractivity contribution >= 4 is 11.7 Å². The van der Waals surface area contributed by atoms with Crippen LogP contribution in [-0.2, 0) is 11.3 Å². The molecule has 3 N–H and O–H groups in total. The average Bonchev–Trinajstić information content (AvgIpc) is 2.93. The van der Waals surface area contributed by atoms with E-state index in [1.165, 1.54) is 12.1 Å². The smallest absolute Gasteiger partial charge is 0.228 e. The SMILES string of the molecule is CC12NC3=NCc4cc(F)ccc4OCCNC(=O)C1CNN2C=C3. The Kier molecular flexibility index (Phi) is 3.84. The summed E-state index contributed by atoms with van der Waals surface area (Å²) in [5.74, 6) is 0.555. The highest BCUT2D eigenvalue weighted by molar-refractivity contribution is 5.95. The Labute approximate surface area is 144 Å². The largest absolute Gasteiger partial charge is 0.491 e. The zero-order valence-corrected chi connectivity index (χ0v) is 13.9. The molecule has 0 aromatic heterocycles. The molecule has 3 aliphatic heterocycles. The van der Waals surface area contributed by atoms with Gasteiger partial charge in [-0.05, 0) is 31.2 Å². The van der Waals surface area contributed by atoms with Gasteiger partial charge in [0.15, 0.2) is 0 Å². The number of nitrogens with one attached hydrogen (secondary N) is 3. The quantitative estimate of drug-likeness (QED) is 0.638. The van der Waals surface area contributed by atoms with Gasteiger partial charge in [-0.3, -0.25) is 14.8 Å². The van der Waals surface area contributed by atoms with E-state index in [0.717, 1.165) is 0 Å². The third-order valence-electron chi connectivity index (χ3n) is 4.82. The second-order valence-corrected chi connectivity index (χ2v) is 6.47. The number of carbonyl (C=O) groups is 1. The standard InChI is InChI=1S/C17H20FN5O2/c1-17-13-10-21-23(17)6-4-15(22-17)20-9-11-8-12(18)2-3-14(11)25-7-5-19-16(13)24/h2-4,6,8,13,21H,5,7,9-10H2,1H3,(H,19,24)(H,20,22). The average molecular weight is 345 g/mol. The lowest BCUT2D eigenvalue weighted by molar-refractivity contribution is -0.127. The number of benzene rings is 1. The summed E-state index contributed by atoms with van der Waals surface area (Å²) in [7, 11) is 0. The fourth-order valence-electron chi connectivity index (χ4n) is 3.40. The number of ether oxygens (including phenoxy) is 1. The molecule has 3 heterocycles. The summed E-state index contributed by atoms with van der Waals surface area (Å²) in [4.78, 5) is 17.1. The molecule has 7 nitrogen and oxygen atoms in total. The van der Waals surface area contributed by atoms with E-state index in [9.17, 15) is 9.18 Å². The molecular formula is C17H20FN5O2. The van der Waals surface area contributed by atoms with E-state index < -0.39 is 5.66 Å². The van der Waals surface area contributed by atoms with Crippen LogP contribution in [0.2, 0.25) is 0 Å². The molecule has 8 heteroatoms. The molecule has 0 radical (unpaired) electrons. The molecule has 2 bridgehead atoms. The van der Waals surface area contributed by atoms with Gasteiger partial charge in [0.25, 0.3) is 0 Å². The Balaban J connectivity index is 1.70. The molecule has 0 spiro atoms. The molecule has 1 fully saturated rings. The van der Waals surface area contributed by atoms with E-state index in [0.29, 0.717) is 36.8 Å². The minimum atomic E-state index is -0.614. The molecule has 2 unspecified atom stereocenters. The fourth-order valence-corrected chi connectivity index (χ4v) is 3.40. The van der Waals surface area contributed by atoms with Crippen molar-refractivity contribution in [2.24, 2.45) is 10.9 Å². The summed E-state index contributed by atoms with van der Waals surface area (Å²) >= 11 is 0. The van der Waals surface area contributed by atoms with E-state index >= 15 is 0 Å². The van der Waals surface area contributed by atoms with Crippen LogP contribution in [0.4, 0.5) is 4.39 Å². The van der Waals surface area contributed by atoms with Gasteiger partial charge >= 0.3 is 0 Å². The zero-order chi connectivity index (χ0) is 17.4. The highest BCUT2D eigenvalue weighted by Gasteiger charge is 2.49. The van der Waals surface area contributed by atoms with Crippen LogP contribution in [0.15, 0.2) is 35.5 Å². The second-order valence-electron chi connectivity index (χ2n) is 6.47. The van der Waals surface area contributed by atoms with Crippen LogP contribution in [0.25, 0.3) is 0 Å². The molecule has 1 aromatic carbocycles. The Morgan fingerprint density at radius 3 is 3.20 bits per heavy atom. The summed E-state index contributed by atoms with van der Waals surface area (Å²) in [5.41, 5.74) is 3.26. The molecule has 0 saturated carbocycles. The zero-order valence-electron chi connectivity index (χ0n) is 13.9. The first-order valence-electron chi connectivity index (χ1n) is 8.29. The first kappa shape index (κ1) is 15.9. The van der Waals surface area contributed by atoms with Crippen LogP contribution in [0.1, 0.15) is 12.5 Å². The normalized spacial score (nSPS) is 28.4. The number of rotatable bonds is 0. The number of nitrogens with zero attached hydrogens (tertiary/aromatic N) is 2. The van der Waals surface area contributed by atoms with Crippen LogP contribution in [0.3, 0.4) is 0 Å². The van der Waals surface area contributed by atoms with Crippen LogP contribution in [-0.4, -0.2) is 42.1 Å². The third kappa shape index (κ3) is 2.82. The number of hydrazine groups is 1. The van der Waals surface area contributed by atoms with E-state index in [-0.39, 0.29) is 24.2 Å². The van der Waals surface area contributed by atoms with Crippen LogP contribution in [0, 0.1) is 11.7 Å². The van der Waals surface area contributed by atoms with Gasteiger partial charge < -0.3 is 15.4 Å². The van der Waals surface area contributed by atoms with E-state index in [4.69, 9.17) is 4.74 Å². The van der Waals surface area contributed by atoms with Crippen molar-refractivity contribution in [3.05, 3.63) is 41.9 Å². The number of amidine groups is 1. The molecule has 1 aromatic rings. The van der Waals surface area contributed by atoms with Crippen LogP contribution < -0.4 is 20.8 Å². The van der Waals surface area contributed by atoms with Crippen LogP contribution >= 0.6 is 0 Å². The van der Waals surface area contributed by atoms with E-state index in [1.54, 1.807) is 6.07 Å². The van der Waals surface area contributed by atoms with Gasteiger partial charge in [-0.1, -0.05) is 0 Å². The number of hydrogen-bond donors (Lipinski definition) is 3. The van der Waals surface area contributed by atoms with E-state index in [2.05, 4.69) is 21.1 Å². The topological polar surface area (TPSA) is 78.0 Å². The Hall–Kier alpha value is -2.61. The maximum atomic E-state index is 13.6. The van der Waals surface area contributed by atoms with Crippen molar-refractivity contribution in [2.45, 2.75) is 19.1 Å². The molecule has 4 rings (SSSR count). The predicted octanol–water partition coefficient (Wildman–Crippen LogP) is 0.502. The number of carbonyl (C=O) groups excluding carboxylic acids is 1. The first-order chi connectivity index (χ1) is 12.1. The van der Waals surface area contributed by atoms with Gasteiger partial charge in [-0.2, -0.15) is 0 Å². The van der Waals surface area contributed by atoms with Gasteiger partial charge in [0.05, 0.1) is 19.0 Å². The molecule has 0 aliphatic carbocycles. The van der Waals surface area contributed by atoms with Crippen molar-refractivity contribution in [3.8, 4) is 5.75 Å². The summed E-state index contributed by atoms with van der Waals surface area (Å²) in [6.07, 6.45) is 3.69. The predicted molar refractivity (Wildman–Crippen MR) is 90.1 cm³/mol. The number of halogens is 1. The summed E-state index contributed by atoms with van der Waals surface area (Å²) in [6, 6.07) is 4.38. The monoisotopic (exact) mass is 345 g/mol. The summed E-state index contributed by atoms with van der Waals surface area (Å²) in [6.45, 7) is 3.47. The maximum absolute atomic E-state index is 13.6. The van der Waals surface area contributed by atoms with E-state index in [1.807, 2.05) is 24.2 Å². The summed E-state index contributed by atoms with van der Waals surface area (Å²) < 4.78 is 19.3. The van der Waals surface area contributed by atoms with Gasteiger partial charge in [0, 0.05) is 18.3 Å². The first-order valence-corrected chi connectivity index (χ1v) is 8.29. The Bertz CT molecular complexity index is 765. The van der Waals surface area contributed by atoms with Crippen molar-refractivity contribution in [1.29, 1.82) is 0 Å². The lowest BCUT2D eigenvalue weighted by atomic mass is 9.93. The molecular weight excluding hydrogens is 325 g/mol. The van der Waals surface area contributed by atoms with Crippen molar-refractivity contribution < 1.29 is 13.9 Å². The number of fused-ring (bicyclic) bond motifs is 2. The lowest BCUT2D eigenvalue weighted by Crippen LogP contribution is -2.62.